The third-order valence-electron chi connectivity index (χ3n) is 3.80. The second-order valence-corrected chi connectivity index (χ2v) is 6.63. The Labute approximate surface area is 133 Å². The van der Waals surface area contributed by atoms with E-state index in [0.29, 0.717) is 5.02 Å². The molecule has 2 aromatic rings. The monoisotopic (exact) mass is 320 g/mol. The molecule has 1 aromatic heterocycles. The van der Waals surface area contributed by atoms with Crippen molar-refractivity contribution in [2.45, 2.75) is 19.9 Å². The molecule has 0 spiro atoms. The number of benzene rings is 1. The number of para-hydroxylation sites is 1. The first kappa shape index (κ1) is 14.4. The van der Waals surface area contributed by atoms with Gasteiger partial charge in [0.15, 0.2) is 0 Å². The molecule has 2 heterocycles. The molecule has 0 saturated carbocycles. The van der Waals surface area contributed by atoms with Crippen molar-refractivity contribution >= 4 is 34.5 Å². The number of nitrogens with one attached hydrogen (secondary N) is 1. The van der Waals surface area contributed by atoms with Gasteiger partial charge in [0.2, 0.25) is 5.91 Å². The molecule has 0 atom stereocenters. The quantitative estimate of drug-likeness (QED) is 0.935. The highest BCUT2D eigenvalue weighted by molar-refractivity contribution is 7.10. The van der Waals surface area contributed by atoms with Crippen LogP contribution in [0.1, 0.15) is 16.0 Å². The zero-order valence-electron chi connectivity index (χ0n) is 11.9. The third kappa shape index (κ3) is 3.06. The van der Waals surface area contributed by atoms with Crippen LogP contribution in [0, 0.1) is 6.92 Å². The highest BCUT2D eigenvalue weighted by Crippen LogP contribution is 2.26. The summed E-state index contributed by atoms with van der Waals surface area (Å²) in [4.78, 5) is 15.7. The molecule has 0 aliphatic carbocycles. The Kier molecular flexibility index (Phi) is 4.17. The number of rotatable bonds is 3. The van der Waals surface area contributed by atoms with Crippen molar-refractivity contribution in [3.63, 3.8) is 0 Å². The van der Waals surface area contributed by atoms with Crippen molar-refractivity contribution in [2.75, 3.05) is 18.4 Å². The Morgan fingerprint density at radius 3 is 3.10 bits per heavy atom. The zero-order chi connectivity index (χ0) is 14.8. The van der Waals surface area contributed by atoms with Gasteiger partial charge in [-0.2, -0.15) is 0 Å². The van der Waals surface area contributed by atoms with Crippen LogP contribution in [0.25, 0.3) is 0 Å². The van der Waals surface area contributed by atoms with E-state index in [-0.39, 0.29) is 12.5 Å². The van der Waals surface area contributed by atoms with Crippen LogP contribution in [0.15, 0.2) is 29.6 Å². The first-order valence-electron chi connectivity index (χ1n) is 6.97. The number of hydrogen-bond acceptors (Lipinski definition) is 3. The molecular formula is C16H17ClN2OS. The largest absolute Gasteiger partial charge is 0.375 e. The minimum atomic E-state index is 0.117. The summed E-state index contributed by atoms with van der Waals surface area (Å²) >= 11 is 7.95. The van der Waals surface area contributed by atoms with Crippen molar-refractivity contribution in [2.24, 2.45) is 0 Å². The van der Waals surface area contributed by atoms with Crippen molar-refractivity contribution in [1.82, 2.24) is 4.90 Å². The van der Waals surface area contributed by atoms with E-state index in [2.05, 4.69) is 16.8 Å². The van der Waals surface area contributed by atoms with Gasteiger partial charge in [-0.05, 0) is 42.0 Å². The molecule has 0 radical (unpaired) electrons. The number of aryl methyl sites for hydroxylation is 1. The van der Waals surface area contributed by atoms with E-state index in [1.807, 2.05) is 30.0 Å². The molecule has 5 heteroatoms. The van der Waals surface area contributed by atoms with Crippen LogP contribution < -0.4 is 5.32 Å². The van der Waals surface area contributed by atoms with Gasteiger partial charge in [0, 0.05) is 18.0 Å². The molecule has 1 aromatic carbocycles. The summed E-state index contributed by atoms with van der Waals surface area (Å²) in [6.45, 7) is 3.79. The summed E-state index contributed by atoms with van der Waals surface area (Å²) < 4.78 is 0. The van der Waals surface area contributed by atoms with Crippen LogP contribution in [0.4, 0.5) is 5.69 Å². The molecule has 0 bridgehead atoms. The van der Waals surface area contributed by atoms with Crippen LogP contribution in [-0.2, 0) is 17.8 Å². The molecule has 1 amide bonds. The van der Waals surface area contributed by atoms with Gasteiger partial charge in [-0.15, -0.1) is 11.3 Å². The van der Waals surface area contributed by atoms with Gasteiger partial charge >= 0.3 is 0 Å². The van der Waals surface area contributed by atoms with Crippen molar-refractivity contribution in [3.05, 3.63) is 50.7 Å². The topological polar surface area (TPSA) is 32.3 Å². The van der Waals surface area contributed by atoms with Gasteiger partial charge in [0.1, 0.15) is 0 Å². The lowest BCUT2D eigenvalue weighted by atomic mass is 10.1. The number of halogens is 1. The molecule has 0 fully saturated rings. The number of nitrogens with zero attached hydrogens (tertiary/aromatic N) is 1. The Bertz CT molecular complexity index is 648. The normalized spacial score (nSPS) is 13.9. The number of carbonyl (C=O) groups excluding carboxylic acids is 1. The first-order chi connectivity index (χ1) is 10.1. The average Bonchev–Trinajstić information content (AvgIpc) is 2.93. The predicted molar refractivity (Wildman–Crippen MR) is 88.1 cm³/mol. The van der Waals surface area contributed by atoms with E-state index in [0.717, 1.165) is 30.8 Å². The number of carbonyl (C=O) groups is 1. The second-order valence-electron chi connectivity index (χ2n) is 5.22. The fraction of sp³-hybridized carbons (Fsp3) is 0.312. The molecule has 0 unspecified atom stereocenters. The fourth-order valence-electron chi connectivity index (χ4n) is 2.59. The molecule has 3 nitrogen and oxygen atoms in total. The summed E-state index contributed by atoms with van der Waals surface area (Å²) in [6, 6.07) is 7.84. The van der Waals surface area contributed by atoms with Crippen molar-refractivity contribution in [1.29, 1.82) is 0 Å². The number of hydrogen-bond donors (Lipinski definition) is 1. The van der Waals surface area contributed by atoms with Crippen LogP contribution in [0.2, 0.25) is 5.02 Å². The summed E-state index contributed by atoms with van der Waals surface area (Å²) in [6.07, 6.45) is 0.962. The zero-order valence-corrected chi connectivity index (χ0v) is 13.4. The minimum absolute atomic E-state index is 0.117. The van der Waals surface area contributed by atoms with Crippen LogP contribution in [0.3, 0.4) is 0 Å². The lowest BCUT2D eigenvalue weighted by molar-refractivity contribution is -0.130. The van der Waals surface area contributed by atoms with Crippen molar-refractivity contribution in [3.8, 4) is 0 Å². The maximum Gasteiger partial charge on any atom is 0.242 e. The highest BCUT2D eigenvalue weighted by atomic mass is 35.5. The minimum Gasteiger partial charge on any atom is -0.375 e. The molecule has 1 aliphatic heterocycles. The fourth-order valence-corrected chi connectivity index (χ4v) is 3.77. The molecule has 1 N–H and O–H groups in total. The SMILES string of the molecule is Cc1cccc(Cl)c1NCC(=O)N1CCc2sccc2C1. The summed E-state index contributed by atoms with van der Waals surface area (Å²) in [5.41, 5.74) is 3.18. The second kappa shape index (κ2) is 6.08. The van der Waals surface area contributed by atoms with Crippen LogP contribution in [0.5, 0.6) is 0 Å². The number of fused-ring (bicyclic) bond motifs is 1. The van der Waals surface area contributed by atoms with Gasteiger partial charge in [0.25, 0.3) is 0 Å². The maximum atomic E-state index is 12.3. The van der Waals surface area contributed by atoms with Gasteiger partial charge in [0.05, 0.1) is 17.3 Å². The Balaban J connectivity index is 1.63. The lowest BCUT2D eigenvalue weighted by Crippen LogP contribution is -2.38. The number of amides is 1. The third-order valence-corrected chi connectivity index (χ3v) is 5.14. The van der Waals surface area contributed by atoms with E-state index in [4.69, 9.17) is 11.6 Å². The molecule has 21 heavy (non-hydrogen) atoms. The summed E-state index contributed by atoms with van der Waals surface area (Å²) in [5, 5.41) is 5.93. The molecule has 3 rings (SSSR count). The van der Waals surface area contributed by atoms with Crippen LogP contribution >= 0.6 is 22.9 Å². The standard InChI is InChI=1S/C16H17ClN2OS/c1-11-3-2-4-13(17)16(11)18-9-15(20)19-7-5-14-12(10-19)6-8-21-14/h2-4,6,8,18H,5,7,9-10H2,1H3. The lowest BCUT2D eigenvalue weighted by Gasteiger charge is -2.27. The predicted octanol–water partition coefficient (Wildman–Crippen LogP) is 3.71. The van der Waals surface area contributed by atoms with E-state index in [1.54, 1.807) is 11.3 Å². The molecular weight excluding hydrogens is 304 g/mol. The van der Waals surface area contributed by atoms with E-state index >= 15 is 0 Å². The first-order valence-corrected chi connectivity index (χ1v) is 8.23. The van der Waals surface area contributed by atoms with Crippen molar-refractivity contribution < 1.29 is 4.79 Å². The van der Waals surface area contributed by atoms with Gasteiger partial charge < -0.3 is 10.2 Å². The smallest absolute Gasteiger partial charge is 0.242 e. The average molecular weight is 321 g/mol. The van der Waals surface area contributed by atoms with E-state index in [1.165, 1.54) is 10.4 Å². The number of thiophene rings is 1. The van der Waals surface area contributed by atoms with Gasteiger partial charge in [-0.1, -0.05) is 23.7 Å². The Morgan fingerprint density at radius 2 is 2.29 bits per heavy atom. The summed E-state index contributed by atoms with van der Waals surface area (Å²) in [7, 11) is 0. The molecule has 0 saturated heterocycles. The molecule has 1 aliphatic rings. The highest BCUT2D eigenvalue weighted by Gasteiger charge is 2.21. The van der Waals surface area contributed by atoms with Gasteiger partial charge in [-0.25, -0.2) is 0 Å². The molecule has 110 valence electrons. The van der Waals surface area contributed by atoms with E-state index in [9.17, 15) is 4.79 Å². The Hall–Kier alpha value is -1.52. The number of anilines is 1. The van der Waals surface area contributed by atoms with E-state index < -0.39 is 0 Å². The Morgan fingerprint density at radius 1 is 1.43 bits per heavy atom. The summed E-state index contributed by atoms with van der Waals surface area (Å²) in [5.74, 6) is 0.117. The maximum absolute atomic E-state index is 12.3. The van der Waals surface area contributed by atoms with Crippen LogP contribution in [-0.4, -0.2) is 23.9 Å². The van der Waals surface area contributed by atoms with Gasteiger partial charge in [-0.3, -0.25) is 4.79 Å².